The van der Waals surface area contributed by atoms with E-state index in [2.05, 4.69) is 29.8 Å². The normalized spacial score (nSPS) is 21.2. The van der Waals surface area contributed by atoms with Crippen molar-refractivity contribution in [3.05, 3.63) is 0 Å². The molecule has 0 aromatic heterocycles. The van der Waals surface area contributed by atoms with Gasteiger partial charge in [0.2, 0.25) is 5.91 Å². The fraction of sp³-hybridized carbons (Fsp3) is 0.964. The number of carbonyl (C=O) groups is 2. The van der Waals surface area contributed by atoms with Gasteiger partial charge in [0.15, 0.2) is 6.29 Å². The molecule has 0 aromatic rings. The lowest BCUT2D eigenvalue weighted by atomic mass is 9.98. The van der Waals surface area contributed by atoms with Crippen molar-refractivity contribution >= 4 is 12.0 Å². The molecule has 2 heterocycles. The van der Waals surface area contributed by atoms with Gasteiger partial charge in [-0.05, 0) is 38.8 Å². The number of piperidine rings is 1. The lowest BCUT2D eigenvalue weighted by molar-refractivity contribution is -0.303. The first-order valence-electron chi connectivity index (χ1n) is 29.3. The predicted molar refractivity (Wildman–Crippen MR) is 279 cm³/mol. The van der Waals surface area contributed by atoms with Crippen LogP contribution >= 0.6 is 0 Å². The molecule has 2 rings (SSSR count). The van der Waals surface area contributed by atoms with E-state index in [9.17, 15) is 35.1 Å². The fourth-order valence-electron chi connectivity index (χ4n) is 9.93. The minimum atomic E-state index is -1.67. The van der Waals surface area contributed by atoms with Crippen LogP contribution in [0.4, 0.5) is 4.79 Å². The number of amides is 2. The van der Waals surface area contributed by atoms with Gasteiger partial charge in [0.25, 0.3) is 0 Å². The lowest BCUT2D eigenvalue weighted by Gasteiger charge is -2.40. The van der Waals surface area contributed by atoms with E-state index < -0.39 is 61.7 Å². The van der Waals surface area contributed by atoms with Crippen LogP contribution in [0.2, 0.25) is 0 Å². The number of aliphatic hydroxyl groups excluding tert-OH is 5. The number of rotatable bonds is 46. The van der Waals surface area contributed by atoms with Crippen LogP contribution in [0.25, 0.3) is 0 Å². The zero-order chi connectivity index (χ0) is 50.0. The molecule has 0 saturated carbocycles. The summed E-state index contributed by atoms with van der Waals surface area (Å²) in [7, 11) is 0. The highest BCUT2D eigenvalue weighted by molar-refractivity contribution is 5.76. The van der Waals surface area contributed by atoms with Crippen LogP contribution in [-0.4, -0.2) is 119 Å². The van der Waals surface area contributed by atoms with Crippen molar-refractivity contribution in [3.8, 4) is 0 Å². The average molecular weight is 984 g/mol. The van der Waals surface area contributed by atoms with E-state index >= 15 is 0 Å². The van der Waals surface area contributed by atoms with Crippen LogP contribution in [0.3, 0.4) is 0 Å². The second-order valence-corrected chi connectivity index (χ2v) is 21.1. The molecule has 0 bridgehead atoms. The van der Waals surface area contributed by atoms with Gasteiger partial charge in [-0.2, -0.15) is 0 Å². The molecular weight excluding hydrogens is 875 g/mol. The summed E-state index contributed by atoms with van der Waals surface area (Å²) in [5.74, 6) is -0.268. The van der Waals surface area contributed by atoms with E-state index in [1.54, 1.807) is 0 Å². The van der Waals surface area contributed by atoms with Crippen LogP contribution in [0, 0.1) is 0 Å². The molecule has 2 aliphatic rings. The van der Waals surface area contributed by atoms with Crippen molar-refractivity contribution < 1.29 is 49.3 Å². The number of hydrogen-bond donors (Lipinski definition) is 8. The van der Waals surface area contributed by atoms with Crippen molar-refractivity contribution in [1.82, 2.24) is 16.0 Å². The summed E-state index contributed by atoms with van der Waals surface area (Å²) >= 11 is 0. The molecule has 2 amide bonds. The van der Waals surface area contributed by atoms with Gasteiger partial charge in [-0.3, -0.25) is 4.79 Å². The average Bonchev–Trinajstić information content (AvgIpc) is 3.35. The van der Waals surface area contributed by atoms with Crippen LogP contribution in [0.1, 0.15) is 264 Å². The maximum absolute atomic E-state index is 13.3. The first-order chi connectivity index (χ1) is 33.7. The summed E-state index contributed by atoms with van der Waals surface area (Å²) < 4.78 is 17.0. The minimum Gasteiger partial charge on any atom is -0.447 e. The summed E-state index contributed by atoms with van der Waals surface area (Å²) in [5.41, 5.74) is 0. The minimum absolute atomic E-state index is 0.0405. The highest BCUT2D eigenvalue weighted by atomic mass is 16.7. The Kier molecular flexibility index (Phi) is 40.5. The van der Waals surface area contributed by atoms with Gasteiger partial charge in [-0.1, -0.05) is 232 Å². The van der Waals surface area contributed by atoms with E-state index in [-0.39, 0.29) is 25.0 Å². The van der Waals surface area contributed by atoms with Crippen LogP contribution in [0.15, 0.2) is 0 Å². The highest BCUT2D eigenvalue weighted by Gasteiger charge is 2.45. The Hall–Kier alpha value is -1.58. The second-order valence-electron chi connectivity index (χ2n) is 21.1. The quantitative estimate of drug-likeness (QED) is 0.0270. The maximum Gasteiger partial charge on any atom is 0.407 e. The van der Waals surface area contributed by atoms with Gasteiger partial charge >= 0.3 is 6.09 Å². The number of nitrogens with one attached hydrogen (secondary N) is 3. The van der Waals surface area contributed by atoms with Gasteiger partial charge in [-0.15, -0.1) is 0 Å². The van der Waals surface area contributed by atoms with Gasteiger partial charge in [0, 0.05) is 12.5 Å². The van der Waals surface area contributed by atoms with E-state index in [4.69, 9.17) is 14.2 Å². The lowest BCUT2D eigenvalue weighted by Crippen LogP contribution is -2.60. The SMILES string of the molecule is CCCCCCCCCCCCCCCCCCCCCCCCCC(=O)N[C@@H](CO[C@@H]1O[C@H](COC(=O)NC2CCNCC2)[C@H](O)[C@H](O)[C@H]1O)[C@H](O)[C@H](O)CCCCCCCCCCCCCC. The summed E-state index contributed by atoms with van der Waals surface area (Å²) in [4.78, 5) is 25.7. The van der Waals surface area contributed by atoms with Gasteiger partial charge in [-0.25, -0.2) is 4.79 Å². The maximum atomic E-state index is 13.3. The molecule has 0 spiro atoms. The Morgan fingerprint density at radius 1 is 0.565 bits per heavy atom. The van der Waals surface area contributed by atoms with E-state index in [0.29, 0.717) is 12.8 Å². The Morgan fingerprint density at radius 3 is 1.41 bits per heavy atom. The van der Waals surface area contributed by atoms with E-state index in [0.717, 1.165) is 70.9 Å². The zero-order valence-electron chi connectivity index (χ0n) is 44.4. The first-order valence-corrected chi connectivity index (χ1v) is 29.3. The molecule has 13 heteroatoms. The first kappa shape index (κ1) is 63.5. The molecule has 2 aliphatic heterocycles. The third kappa shape index (κ3) is 33.0. The summed E-state index contributed by atoms with van der Waals surface area (Å²) in [6.07, 6.45) is 35.6. The van der Waals surface area contributed by atoms with Gasteiger partial charge < -0.3 is 55.7 Å². The summed E-state index contributed by atoms with van der Waals surface area (Å²) in [6.45, 7) is 5.35. The molecule has 2 saturated heterocycles. The number of unbranched alkanes of at least 4 members (excludes halogenated alkanes) is 33. The Labute approximate surface area is 421 Å². The summed E-state index contributed by atoms with van der Waals surface area (Å²) in [5, 5.41) is 63.5. The third-order valence-corrected chi connectivity index (χ3v) is 14.7. The number of carbonyl (C=O) groups excluding carboxylic acids is 2. The predicted octanol–water partition coefficient (Wildman–Crippen LogP) is 11.0. The van der Waals surface area contributed by atoms with Crippen LogP contribution in [-0.2, 0) is 19.0 Å². The number of aliphatic hydroxyl groups is 5. The molecular formula is C56H109N3O10. The molecule has 0 aromatic carbocycles. The molecule has 69 heavy (non-hydrogen) atoms. The number of ether oxygens (including phenoxy) is 3. The standard InChI is InChI=1S/C56H109N3O10/c1-3-5-7-9-11-13-15-17-18-19-20-21-22-23-24-25-26-27-29-31-33-35-37-39-50(61)59-47(51(62)48(60)38-36-34-32-30-28-16-14-12-10-8-6-4-2)44-67-55-54(65)53(64)52(63)49(69-55)45-68-56(66)58-46-40-42-57-43-41-46/h46-49,51-55,57,60,62-65H,3-45H2,1-2H3,(H,58,66)(H,59,61)/t47-,48+,49+,51-,52-,53-,54+,55+/m0/s1. The monoisotopic (exact) mass is 984 g/mol. The van der Waals surface area contributed by atoms with Crippen molar-refractivity contribution in [2.24, 2.45) is 0 Å². The molecule has 0 unspecified atom stereocenters. The largest absolute Gasteiger partial charge is 0.447 e. The molecule has 0 aliphatic carbocycles. The van der Waals surface area contributed by atoms with Crippen molar-refractivity contribution in [1.29, 1.82) is 0 Å². The molecule has 408 valence electrons. The van der Waals surface area contributed by atoms with Crippen molar-refractivity contribution in [2.75, 3.05) is 26.3 Å². The summed E-state index contributed by atoms with van der Waals surface area (Å²) in [6, 6.07) is -1.07. The molecule has 8 atom stereocenters. The van der Waals surface area contributed by atoms with E-state index in [1.807, 2.05) is 0 Å². The Morgan fingerprint density at radius 2 is 0.971 bits per heavy atom. The molecule has 13 nitrogen and oxygen atoms in total. The Balaban J connectivity index is 1.70. The van der Waals surface area contributed by atoms with E-state index in [1.165, 1.54) is 173 Å². The third-order valence-electron chi connectivity index (χ3n) is 14.7. The molecule has 8 N–H and O–H groups in total. The van der Waals surface area contributed by atoms with Gasteiger partial charge in [0.05, 0.1) is 18.8 Å². The van der Waals surface area contributed by atoms with Crippen molar-refractivity contribution in [2.45, 2.75) is 319 Å². The van der Waals surface area contributed by atoms with Crippen LogP contribution in [0.5, 0.6) is 0 Å². The smallest absolute Gasteiger partial charge is 0.407 e. The number of alkyl carbamates (subject to hydrolysis) is 1. The molecule has 0 radical (unpaired) electrons. The zero-order valence-corrected chi connectivity index (χ0v) is 44.4. The highest BCUT2D eigenvalue weighted by Crippen LogP contribution is 2.24. The van der Waals surface area contributed by atoms with Crippen molar-refractivity contribution in [3.63, 3.8) is 0 Å². The second kappa shape index (κ2) is 44.0. The molecule has 2 fully saturated rings. The topological polar surface area (TPSA) is 199 Å². The number of hydrogen-bond acceptors (Lipinski definition) is 11. The van der Waals surface area contributed by atoms with Gasteiger partial charge in [0.1, 0.15) is 37.1 Å². The fourth-order valence-corrected chi connectivity index (χ4v) is 9.93. The van der Waals surface area contributed by atoms with Crippen LogP contribution < -0.4 is 16.0 Å². The Bertz CT molecular complexity index is 1180.